The zero-order valence-electron chi connectivity index (χ0n) is 27.7. The summed E-state index contributed by atoms with van der Waals surface area (Å²) in [6, 6.07) is 48.9. The van der Waals surface area contributed by atoms with Crippen LogP contribution in [0.3, 0.4) is 0 Å². The van der Waals surface area contributed by atoms with E-state index in [0.29, 0.717) is 39.5 Å². The number of benzene rings is 5. The Balaban J connectivity index is 1.38. The van der Waals surface area contributed by atoms with Crippen LogP contribution in [0.5, 0.6) is 0 Å². The minimum absolute atomic E-state index is 0.190. The third kappa shape index (κ3) is 8.67. The lowest BCUT2D eigenvalue weighted by atomic mass is 9.69. The van der Waals surface area contributed by atoms with Crippen LogP contribution < -0.4 is 0 Å². The number of aryl methyl sites for hydroxylation is 1. The Morgan fingerprint density at radius 3 is 1.52 bits per heavy atom. The molecule has 5 aromatic carbocycles. The highest BCUT2D eigenvalue weighted by Gasteiger charge is 2.55. The van der Waals surface area contributed by atoms with Crippen molar-refractivity contribution in [2.45, 2.75) is 70.1 Å². The van der Waals surface area contributed by atoms with Gasteiger partial charge in [0.25, 0.3) is 0 Å². The molecule has 0 bridgehead atoms. The molecule has 5 heteroatoms. The molecule has 1 aliphatic rings. The van der Waals surface area contributed by atoms with Gasteiger partial charge in [-0.15, -0.1) is 0 Å². The molecule has 0 aromatic heterocycles. The number of rotatable bonds is 15. The Labute approximate surface area is 285 Å². The molecular weight excluding hydrogens is 596 g/mol. The van der Waals surface area contributed by atoms with Crippen LogP contribution >= 0.6 is 0 Å². The second kappa shape index (κ2) is 16.8. The molecule has 5 aromatic rings. The molecule has 1 fully saturated rings. The fraction of sp³-hybridized carbons (Fsp3) is 0.302. The lowest BCUT2D eigenvalue weighted by Gasteiger charge is -2.51. The summed E-state index contributed by atoms with van der Waals surface area (Å²) in [4.78, 5) is 0. The maximum absolute atomic E-state index is 13.0. The van der Waals surface area contributed by atoms with E-state index in [0.717, 1.165) is 39.8 Å². The van der Waals surface area contributed by atoms with Crippen molar-refractivity contribution in [2.24, 2.45) is 5.92 Å². The Morgan fingerprint density at radius 2 is 1.00 bits per heavy atom. The van der Waals surface area contributed by atoms with Gasteiger partial charge < -0.3 is 24.1 Å². The van der Waals surface area contributed by atoms with Gasteiger partial charge in [-0.2, -0.15) is 0 Å². The Kier molecular flexibility index (Phi) is 11.8. The molecular formula is C43H46O5. The summed E-state index contributed by atoms with van der Waals surface area (Å²) in [7, 11) is 0. The average molecular weight is 643 g/mol. The molecule has 0 saturated heterocycles. The minimum atomic E-state index is -1.37. The van der Waals surface area contributed by atoms with Crippen LogP contribution in [0.25, 0.3) is 0 Å². The number of hydrogen-bond donors (Lipinski definition) is 1. The van der Waals surface area contributed by atoms with Crippen molar-refractivity contribution >= 4 is 0 Å². The number of ether oxygens (including phenoxy) is 4. The molecule has 0 amide bonds. The third-order valence-electron chi connectivity index (χ3n) is 9.25. The van der Waals surface area contributed by atoms with Gasteiger partial charge in [0.15, 0.2) is 0 Å². The normalized spacial score (nSPS) is 22.4. The Hall–Kier alpha value is -4.10. The first-order valence-corrected chi connectivity index (χ1v) is 17.0. The SMILES string of the molecule is CCc1cccc([C@@]2(O)C[C@H](COCc3ccccc3)[C@@H](OCc3ccccc3)[C@H](OCc3ccccc3)[C@H]2OCc2ccccc2)c1. The van der Waals surface area contributed by atoms with E-state index >= 15 is 0 Å². The van der Waals surface area contributed by atoms with Gasteiger partial charge in [0.2, 0.25) is 0 Å². The average Bonchev–Trinajstić information content (AvgIpc) is 3.15. The predicted octanol–water partition coefficient (Wildman–Crippen LogP) is 8.43. The number of aliphatic hydroxyl groups is 1. The highest BCUT2D eigenvalue weighted by molar-refractivity contribution is 5.32. The molecule has 0 spiro atoms. The second-order valence-electron chi connectivity index (χ2n) is 12.7. The largest absolute Gasteiger partial charge is 0.382 e. The van der Waals surface area contributed by atoms with E-state index in [1.54, 1.807) is 0 Å². The van der Waals surface area contributed by atoms with E-state index in [1.807, 2.05) is 97.1 Å². The summed E-state index contributed by atoms with van der Waals surface area (Å²) in [6.45, 7) is 4.07. The quantitative estimate of drug-likeness (QED) is 0.124. The van der Waals surface area contributed by atoms with E-state index < -0.39 is 23.9 Å². The molecule has 6 rings (SSSR count). The molecule has 48 heavy (non-hydrogen) atoms. The van der Waals surface area contributed by atoms with Gasteiger partial charge in [-0.1, -0.05) is 153 Å². The molecule has 1 saturated carbocycles. The summed E-state index contributed by atoms with van der Waals surface area (Å²) in [6.07, 6.45) is -0.495. The monoisotopic (exact) mass is 642 g/mol. The summed E-state index contributed by atoms with van der Waals surface area (Å²) in [5.74, 6) is -0.190. The summed E-state index contributed by atoms with van der Waals surface area (Å²) in [5, 5.41) is 13.0. The van der Waals surface area contributed by atoms with Crippen LogP contribution in [0.15, 0.2) is 146 Å². The first-order chi connectivity index (χ1) is 23.6. The molecule has 1 aliphatic carbocycles. The first kappa shape index (κ1) is 33.8. The van der Waals surface area contributed by atoms with Crippen molar-refractivity contribution in [1.29, 1.82) is 0 Å². The van der Waals surface area contributed by atoms with Gasteiger partial charge in [-0.05, 0) is 46.2 Å². The first-order valence-electron chi connectivity index (χ1n) is 17.0. The molecule has 5 atom stereocenters. The highest BCUT2D eigenvalue weighted by atomic mass is 16.6. The van der Waals surface area contributed by atoms with Crippen LogP contribution in [0.2, 0.25) is 0 Å². The maximum Gasteiger partial charge on any atom is 0.119 e. The van der Waals surface area contributed by atoms with E-state index in [-0.39, 0.29) is 5.92 Å². The van der Waals surface area contributed by atoms with E-state index in [9.17, 15) is 5.11 Å². The van der Waals surface area contributed by atoms with Crippen molar-refractivity contribution in [2.75, 3.05) is 6.61 Å². The van der Waals surface area contributed by atoms with Crippen molar-refractivity contribution < 1.29 is 24.1 Å². The summed E-state index contributed by atoms with van der Waals surface area (Å²) >= 11 is 0. The molecule has 0 radical (unpaired) electrons. The van der Waals surface area contributed by atoms with Gasteiger partial charge in [0, 0.05) is 5.92 Å². The molecule has 0 aliphatic heterocycles. The van der Waals surface area contributed by atoms with Crippen LogP contribution in [0, 0.1) is 5.92 Å². The minimum Gasteiger partial charge on any atom is -0.382 e. The van der Waals surface area contributed by atoms with Crippen molar-refractivity contribution in [1.82, 2.24) is 0 Å². The lowest BCUT2D eigenvalue weighted by molar-refractivity contribution is -0.261. The molecule has 5 nitrogen and oxygen atoms in total. The third-order valence-corrected chi connectivity index (χ3v) is 9.25. The van der Waals surface area contributed by atoms with Gasteiger partial charge in [0.1, 0.15) is 17.8 Å². The van der Waals surface area contributed by atoms with Crippen LogP contribution in [-0.2, 0) is 57.4 Å². The maximum atomic E-state index is 13.0. The fourth-order valence-corrected chi connectivity index (χ4v) is 6.68. The number of hydrogen-bond acceptors (Lipinski definition) is 5. The standard InChI is InChI=1S/C43H46O5/c1-2-33-24-15-25-39(26-33)43(44)27-38(32-45-28-34-16-7-3-8-17-34)40(46-29-35-18-9-4-10-19-35)41(47-30-36-20-11-5-12-21-36)42(43)48-31-37-22-13-6-14-23-37/h3-26,38,40-42,44H,2,27-32H2,1H3/t38-,40-,41+,42-,43+/m1/s1. The van der Waals surface area contributed by atoms with E-state index in [2.05, 4.69) is 55.5 Å². The van der Waals surface area contributed by atoms with E-state index in [4.69, 9.17) is 18.9 Å². The second-order valence-corrected chi connectivity index (χ2v) is 12.7. The predicted molar refractivity (Wildman–Crippen MR) is 189 cm³/mol. The molecule has 0 unspecified atom stereocenters. The van der Waals surface area contributed by atoms with Crippen molar-refractivity contribution in [3.8, 4) is 0 Å². The fourth-order valence-electron chi connectivity index (χ4n) is 6.68. The van der Waals surface area contributed by atoms with Crippen LogP contribution in [0.1, 0.15) is 46.7 Å². The Bertz CT molecular complexity index is 1650. The van der Waals surface area contributed by atoms with Gasteiger partial charge in [0.05, 0.1) is 39.1 Å². The lowest BCUT2D eigenvalue weighted by Crippen LogP contribution is -2.62. The molecule has 1 N–H and O–H groups in total. The van der Waals surface area contributed by atoms with Crippen LogP contribution in [-0.4, -0.2) is 30.0 Å². The zero-order chi connectivity index (χ0) is 33.0. The molecule has 0 heterocycles. The Morgan fingerprint density at radius 1 is 0.542 bits per heavy atom. The van der Waals surface area contributed by atoms with Gasteiger partial charge in [-0.25, -0.2) is 0 Å². The van der Waals surface area contributed by atoms with Crippen LogP contribution in [0.4, 0.5) is 0 Å². The van der Waals surface area contributed by atoms with Gasteiger partial charge >= 0.3 is 0 Å². The highest BCUT2D eigenvalue weighted by Crippen LogP contribution is 2.45. The zero-order valence-corrected chi connectivity index (χ0v) is 27.7. The van der Waals surface area contributed by atoms with Gasteiger partial charge in [-0.3, -0.25) is 0 Å². The molecule has 248 valence electrons. The topological polar surface area (TPSA) is 57.2 Å². The van der Waals surface area contributed by atoms with Crippen molar-refractivity contribution in [3.63, 3.8) is 0 Å². The summed E-state index contributed by atoms with van der Waals surface area (Å²) in [5.41, 5.74) is 4.85. The van der Waals surface area contributed by atoms with E-state index in [1.165, 1.54) is 0 Å². The smallest absolute Gasteiger partial charge is 0.119 e. The van der Waals surface area contributed by atoms with Crippen molar-refractivity contribution in [3.05, 3.63) is 179 Å². The summed E-state index contributed by atoms with van der Waals surface area (Å²) < 4.78 is 26.9.